The molecule has 1 aromatic carbocycles. The average molecular weight is 377 g/mol. The van der Waals surface area contributed by atoms with Crippen molar-refractivity contribution < 1.29 is 18.8 Å². The van der Waals surface area contributed by atoms with Crippen LogP contribution in [0.25, 0.3) is 16.2 Å². The molecule has 0 radical (unpaired) electrons. The van der Waals surface area contributed by atoms with Gasteiger partial charge in [0.25, 0.3) is 5.91 Å². The fraction of sp³-hybridized carbons (Fsp3) is 0.118. The molecule has 128 valence electrons. The SMILES string of the molecule is Cc1cc(NC(=O)COC(=O)/C=C/c2sc3ccccc3c2Cl)no1. The van der Waals surface area contributed by atoms with Crippen LogP contribution in [0.15, 0.2) is 40.9 Å². The fourth-order valence-corrected chi connectivity index (χ4v) is 3.47. The second-order valence-corrected chi connectivity index (χ2v) is 6.55. The van der Waals surface area contributed by atoms with Gasteiger partial charge in [-0.25, -0.2) is 4.79 Å². The van der Waals surface area contributed by atoms with Crippen LogP contribution in [0.4, 0.5) is 5.82 Å². The number of nitrogens with one attached hydrogen (secondary N) is 1. The number of anilines is 1. The van der Waals surface area contributed by atoms with Crippen LogP contribution in [0.1, 0.15) is 10.6 Å². The van der Waals surface area contributed by atoms with Crippen LogP contribution >= 0.6 is 22.9 Å². The second-order valence-electron chi connectivity index (χ2n) is 5.09. The number of halogens is 1. The first kappa shape index (κ1) is 17.2. The topological polar surface area (TPSA) is 81.4 Å². The van der Waals surface area contributed by atoms with Crippen molar-refractivity contribution in [1.29, 1.82) is 0 Å². The summed E-state index contributed by atoms with van der Waals surface area (Å²) < 4.78 is 10.7. The second kappa shape index (κ2) is 7.50. The molecule has 25 heavy (non-hydrogen) atoms. The van der Waals surface area contributed by atoms with E-state index in [1.807, 2.05) is 24.3 Å². The van der Waals surface area contributed by atoms with Crippen LogP contribution < -0.4 is 5.32 Å². The van der Waals surface area contributed by atoms with Crippen LogP contribution in [0.3, 0.4) is 0 Å². The highest BCUT2D eigenvalue weighted by molar-refractivity contribution is 7.20. The summed E-state index contributed by atoms with van der Waals surface area (Å²) in [5.74, 6) is -0.309. The molecule has 1 amide bonds. The summed E-state index contributed by atoms with van der Waals surface area (Å²) in [6.07, 6.45) is 2.82. The number of esters is 1. The highest BCUT2D eigenvalue weighted by Gasteiger charge is 2.10. The van der Waals surface area contributed by atoms with Crippen LogP contribution in [0.2, 0.25) is 5.02 Å². The van der Waals surface area contributed by atoms with Gasteiger partial charge < -0.3 is 14.6 Å². The van der Waals surface area contributed by atoms with E-state index in [2.05, 4.69) is 10.5 Å². The van der Waals surface area contributed by atoms with Crippen molar-refractivity contribution in [3.8, 4) is 0 Å². The Morgan fingerprint density at radius 3 is 2.92 bits per heavy atom. The fourth-order valence-electron chi connectivity index (χ4n) is 2.07. The van der Waals surface area contributed by atoms with Gasteiger partial charge in [-0.3, -0.25) is 4.79 Å². The van der Waals surface area contributed by atoms with Crippen molar-refractivity contribution in [2.45, 2.75) is 6.92 Å². The van der Waals surface area contributed by atoms with E-state index in [4.69, 9.17) is 20.9 Å². The minimum atomic E-state index is -0.639. The molecule has 0 aliphatic heterocycles. The Kier molecular flexibility index (Phi) is 5.16. The van der Waals surface area contributed by atoms with Gasteiger partial charge in [-0.15, -0.1) is 11.3 Å². The van der Waals surface area contributed by atoms with Gasteiger partial charge in [-0.05, 0) is 19.1 Å². The van der Waals surface area contributed by atoms with E-state index in [1.54, 1.807) is 19.1 Å². The van der Waals surface area contributed by atoms with E-state index < -0.39 is 18.5 Å². The molecule has 0 spiro atoms. The molecular weight excluding hydrogens is 364 g/mol. The molecule has 0 aliphatic carbocycles. The molecule has 8 heteroatoms. The molecule has 3 rings (SSSR count). The summed E-state index contributed by atoms with van der Waals surface area (Å²) in [5.41, 5.74) is 0. The molecular formula is C17H13ClN2O4S. The molecule has 0 fully saturated rings. The van der Waals surface area contributed by atoms with Gasteiger partial charge in [0.05, 0.1) is 5.02 Å². The van der Waals surface area contributed by atoms with Gasteiger partial charge in [0, 0.05) is 27.1 Å². The summed E-state index contributed by atoms with van der Waals surface area (Å²) in [6.45, 7) is 1.28. The van der Waals surface area contributed by atoms with Crippen molar-refractivity contribution in [3.63, 3.8) is 0 Å². The lowest BCUT2D eigenvalue weighted by molar-refractivity contribution is -0.142. The summed E-state index contributed by atoms with van der Waals surface area (Å²) in [7, 11) is 0. The first-order chi connectivity index (χ1) is 12.0. The Labute approximate surface area is 152 Å². The minimum absolute atomic E-state index is 0.270. The molecule has 2 aromatic heterocycles. The van der Waals surface area contributed by atoms with E-state index in [0.29, 0.717) is 10.8 Å². The molecule has 0 unspecified atom stereocenters. The summed E-state index contributed by atoms with van der Waals surface area (Å²) >= 11 is 7.76. The minimum Gasteiger partial charge on any atom is -0.452 e. The molecule has 2 heterocycles. The lowest BCUT2D eigenvalue weighted by Gasteiger charge is -2.01. The number of carbonyl (C=O) groups is 2. The first-order valence-corrected chi connectivity index (χ1v) is 8.47. The zero-order chi connectivity index (χ0) is 17.8. The van der Waals surface area contributed by atoms with E-state index in [0.717, 1.165) is 15.0 Å². The number of amides is 1. The van der Waals surface area contributed by atoms with Crippen molar-refractivity contribution in [3.05, 3.63) is 52.1 Å². The van der Waals surface area contributed by atoms with Gasteiger partial charge in [-0.1, -0.05) is 35.0 Å². The predicted octanol–water partition coefficient (Wildman–Crippen LogP) is 4.05. The van der Waals surface area contributed by atoms with Crippen molar-refractivity contribution in [2.75, 3.05) is 11.9 Å². The van der Waals surface area contributed by atoms with Gasteiger partial charge in [0.15, 0.2) is 12.4 Å². The number of benzene rings is 1. The normalized spacial score (nSPS) is 11.1. The summed E-state index contributed by atoms with van der Waals surface area (Å²) in [4.78, 5) is 24.2. The molecule has 3 aromatic rings. The standard InChI is InChI=1S/C17H13ClN2O4S/c1-10-8-14(20-24-10)19-15(21)9-23-16(22)7-6-13-17(18)11-4-2-3-5-12(11)25-13/h2-8H,9H2,1H3,(H,19,20,21)/b7-6+. The Morgan fingerprint density at radius 2 is 2.20 bits per heavy atom. The zero-order valence-corrected chi connectivity index (χ0v) is 14.7. The maximum atomic E-state index is 11.7. The Balaban J connectivity index is 1.55. The van der Waals surface area contributed by atoms with Gasteiger partial charge >= 0.3 is 5.97 Å². The predicted molar refractivity (Wildman–Crippen MR) is 96.7 cm³/mol. The van der Waals surface area contributed by atoms with Crippen LogP contribution in [0.5, 0.6) is 0 Å². The third kappa shape index (κ3) is 4.26. The number of hydrogen-bond acceptors (Lipinski definition) is 6. The molecule has 0 saturated heterocycles. The Hall–Kier alpha value is -2.64. The number of fused-ring (bicyclic) bond motifs is 1. The van der Waals surface area contributed by atoms with E-state index in [9.17, 15) is 9.59 Å². The number of thiophene rings is 1. The van der Waals surface area contributed by atoms with Crippen molar-refractivity contribution >= 4 is 56.8 Å². The number of hydrogen-bond donors (Lipinski definition) is 1. The van der Waals surface area contributed by atoms with Gasteiger partial charge in [0.2, 0.25) is 0 Å². The monoisotopic (exact) mass is 376 g/mol. The largest absolute Gasteiger partial charge is 0.452 e. The number of ether oxygens (including phenoxy) is 1. The highest BCUT2D eigenvalue weighted by Crippen LogP contribution is 2.35. The Bertz CT molecular complexity index is 961. The van der Waals surface area contributed by atoms with Crippen LogP contribution in [-0.2, 0) is 14.3 Å². The van der Waals surface area contributed by atoms with Crippen LogP contribution in [0, 0.1) is 6.92 Å². The first-order valence-electron chi connectivity index (χ1n) is 7.28. The lowest BCUT2D eigenvalue weighted by Crippen LogP contribution is -2.20. The molecule has 0 aliphatic rings. The molecule has 1 N–H and O–H groups in total. The third-order valence-corrected chi connectivity index (χ3v) is 4.83. The molecule has 6 nitrogen and oxygen atoms in total. The van der Waals surface area contributed by atoms with Crippen molar-refractivity contribution in [1.82, 2.24) is 5.16 Å². The molecule has 0 saturated carbocycles. The maximum absolute atomic E-state index is 11.7. The maximum Gasteiger partial charge on any atom is 0.331 e. The average Bonchev–Trinajstić information content (AvgIpc) is 3.15. The van der Waals surface area contributed by atoms with E-state index in [1.165, 1.54) is 17.4 Å². The molecule has 0 atom stereocenters. The number of aromatic nitrogens is 1. The van der Waals surface area contributed by atoms with Gasteiger partial charge in [-0.2, -0.15) is 0 Å². The Morgan fingerprint density at radius 1 is 1.40 bits per heavy atom. The third-order valence-electron chi connectivity index (χ3n) is 3.17. The lowest BCUT2D eigenvalue weighted by atomic mass is 10.2. The van der Waals surface area contributed by atoms with Crippen LogP contribution in [-0.4, -0.2) is 23.6 Å². The summed E-state index contributed by atoms with van der Waals surface area (Å²) in [6, 6.07) is 9.25. The number of aryl methyl sites for hydroxylation is 1. The highest BCUT2D eigenvalue weighted by atomic mass is 35.5. The smallest absolute Gasteiger partial charge is 0.331 e. The number of nitrogens with zero attached hydrogens (tertiary/aromatic N) is 1. The number of rotatable bonds is 5. The number of carbonyl (C=O) groups excluding carboxylic acids is 2. The van der Waals surface area contributed by atoms with E-state index >= 15 is 0 Å². The van der Waals surface area contributed by atoms with Crippen molar-refractivity contribution in [2.24, 2.45) is 0 Å². The zero-order valence-electron chi connectivity index (χ0n) is 13.1. The summed E-state index contributed by atoms with van der Waals surface area (Å²) in [5, 5.41) is 7.59. The van der Waals surface area contributed by atoms with Gasteiger partial charge in [0.1, 0.15) is 5.76 Å². The molecule has 0 bridgehead atoms. The quantitative estimate of drug-likeness (QED) is 0.536. The van der Waals surface area contributed by atoms with E-state index in [-0.39, 0.29) is 5.82 Å².